The summed E-state index contributed by atoms with van der Waals surface area (Å²) in [7, 11) is -0.993. The van der Waals surface area contributed by atoms with Gasteiger partial charge in [0.15, 0.2) is 11.8 Å². The van der Waals surface area contributed by atoms with E-state index in [0.29, 0.717) is 0 Å². The molecule has 15 rings (SSSR count). The monoisotopic (exact) mass is 2010 g/mol. The Morgan fingerprint density at radius 2 is 0.516 bits per heavy atom. The van der Waals surface area contributed by atoms with Crippen LogP contribution in [0, 0.1) is 49.4 Å². The van der Waals surface area contributed by atoms with Crippen LogP contribution in [0.3, 0.4) is 0 Å². The van der Waals surface area contributed by atoms with E-state index in [9.17, 15) is 0 Å². The minimum absolute atomic E-state index is 0. The van der Waals surface area contributed by atoms with Crippen molar-refractivity contribution in [3.05, 3.63) is 353 Å². The first kappa shape index (κ1) is 76.4. The van der Waals surface area contributed by atoms with Crippen molar-refractivity contribution in [3.63, 3.8) is 0 Å². The van der Waals surface area contributed by atoms with Crippen LogP contribution in [-0.4, -0.2) is 45.1 Å². The smallest absolute Gasteiger partial charge is 0.366 e. The Bertz CT molecular complexity index is 4120. The van der Waals surface area contributed by atoms with Gasteiger partial charge in [-0.25, -0.2) is 0 Å². The molecule has 1 unspecified atom stereocenters. The number of fused-ring (bicyclic) bond motifs is 12. The van der Waals surface area contributed by atoms with Gasteiger partial charge < -0.3 is 25.7 Å². The molecular formula is C85H74Au4P4+4. The quantitative estimate of drug-likeness (QED) is 0.0646. The minimum atomic E-state index is -0.701. The predicted molar refractivity (Wildman–Crippen MR) is 395 cm³/mol. The standard InChI is InChI=1S/C20H20P2.4C15H9.C5H14P2.4Au/c1-21(18-11-5-2-6-12-18)17-22(19-13-7-3-8-14-19)20-15-9-4-10-16-20;1-2-11-7-8-15-13(9-11)10-12-5-3-4-6-14(12)15;3*1-2-11-7-8-13-10-12-5-3-4-6-14(12)15(13)9-11;1-6(2)5-7(3)4;;;;/h2-16H,17H2,1H3;4*3-9H,10H2;5H2,1-4H3;;;;/q;4*-1;;4*+1/p+4. The van der Waals surface area contributed by atoms with Crippen molar-refractivity contribution in [1.29, 1.82) is 0 Å². The molecule has 4 aliphatic carbocycles. The van der Waals surface area contributed by atoms with E-state index in [1.807, 2.05) is 42.5 Å². The Morgan fingerprint density at radius 3 is 0.839 bits per heavy atom. The van der Waals surface area contributed by atoms with Crippen LogP contribution in [0.1, 0.15) is 66.8 Å². The second-order valence-electron chi connectivity index (χ2n) is 23.4. The summed E-state index contributed by atoms with van der Waals surface area (Å²) >= 11 is 0. The topological polar surface area (TPSA) is 0 Å². The van der Waals surface area contributed by atoms with E-state index in [0.717, 1.165) is 47.9 Å². The Hall–Kier alpha value is -5.66. The van der Waals surface area contributed by atoms with Crippen LogP contribution < -0.4 is 15.9 Å². The van der Waals surface area contributed by atoms with Gasteiger partial charge in [0.05, 0.1) is 19.9 Å². The Morgan fingerprint density at radius 1 is 0.258 bits per heavy atom. The summed E-state index contributed by atoms with van der Waals surface area (Å²) in [6.45, 7) is 12.0. The molecule has 1 atom stereocenters. The van der Waals surface area contributed by atoms with Crippen LogP contribution in [0.2, 0.25) is 0 Å². The first-order valence-electron chi connectivity index (χ1n) is 30.5. The van der Waals surface area contributed by atoms with Gasteiger partial charge in [-0.2, -0.15) is 0 Å². The number of rotatable bonds is 7. The molecule has 0 radical (unpaired) electrons. The van der Waals surface area contributed by atoms with Crippen molar-refractivity contribution in [3.8, 4) is 68.2 Å². The summed E-state index contributed by atoms with van der Waals surface area (Å²) in [6.07, 6.45) is 32.6. The largest absolute Gasteiger partial charge is 1.00 e. The zero-order chi connectivity index (χ0) is 62.1. The molecule has 0 saturated heterocycles. The summed E-state index contributed by atoms with van der Waals surface area (Å²) in [5.74, 6) is 12.6. The van der Waals surface area contributed by atoms with Crippen molar-refractivity contribution in [2.45, 2.75) is 25.7 Å². The SMILES string of the molecule is C[PH+](C)C[PH+](C)C.C[PH+](C[PH+](c1ccccc1)c1ccccc1)c1ccccc1.[Au+].[Au+].[Au+].[Au+].[C-]#Cc1ccc2c(c1)-c1ccccc1C2.[C-]#Cc1ccc2c(c1)-c1ccccc1C2.[C-]#Cc1ccc2c(c1)-c1ccccc1C2.[C-]#Cc1ccc2c(c1)Cc1ccccc1-2. The van der Waals surface area contributed by atoms with E-state index in [-0.39, 0.29) is 105 Å². The Labute approximate surface area is 622 Å². The molecule has 8 heteroatoms. The molecule has 474 valence electrons. The Kier molecular flexibility index (Phi) is 31.3. The second kappa shape index (κ2) is 38.2. The first-order chi connectivity index (χ1) is 43.5. The minimum Gasteiger partial charge on any atom is -0.366 e. The van der Waals surface area contributed by atoms with Gasteiger partial charge in [0, 0.05) is 42.5 Å². The van der Waals surface area contributed by atoms with E-state index in [2.05, 4.69) is 275 Å². The fraction of sp³-hybridized carbons (Fsp3) is 0.129. The molecule has 11 aromatic rings. The summed E-state index contributed by atoms with van der Waals surface area (Å²) < 4.78 is 0. The van der Waals surface area contributed by atoms with E-state index in [4.69, 9.17) is 25.7 Å². The zero-order valence-corrected chi connectivity index (χ0v) is 65.4. The third kappa shape index (κ3) is 20.2. The van der Waals surface area contributed by atoms with Gasteiger partial charge in [-0.3, -0.25) is 23.7 Å². The third-order valence-electron chi connectivity index (χ3n) is 16.4. The van der Waals surface area contributed by atoms with Crippen LogP contribution in [0.25, 0.3) is 44.5 Å². The van der Waals surface area contributed by atoms with Crippen molar-refractivity contribution in [2.24, 2.45) is 0 Å². The van der Waals surface area contributed by atoms with Crippen molar-refractivity contribution in [1.82, 2.24) is 0 Å². The summed E-state index contributed by atoms with van der Waals surface area (Å²) in [4.78, 5) is 0. The van der Waals surface area contributed by atoms with Gasteiger partial charge in [0.2, 0.25) is 0 Å². The Balaban J connectivity index is 0.000000179. The molecule has 0 bridgehead atoms. The number of benzene rings is 11. The van der Waals surface area contributed by atoms with Gasteiger partial charge in [0.1, 0.15) is 18.5 Å². The second-order valence-corrected chi connectivity index (χ2v) is 35.4. The molecule has 4 aliphatic rings. The maximum Gasteiger partial charge on any atom is 1.00 e. The van der Waals surface area contributed by atoms with Crippen molar-refractivity contribution in [2.75, 3.05) is 45.1 Å². The average molecular weight is 2010 g/mol. The maximum absolute atomic E-state index is 7.14. The van der Waals surface area contributed by atoms with Crippen LogP contribution in [-0.2, 0) is 115 Å². The van der Waals surface area contributed by atoms with Crippen LogP contribution in [0.15, 0.2) is 261 Å². The number of hydrogen-bond donors (Lipinski definition) is 0. The molecule has 0 saturated carbocycles. The molecule has 0 nitrogen and oxygen atoms in total. The molecule has 0 N–H and O–H groups in total. The van der Waals surface area contributed by atoms with Gasteiger partial charge >= 0.3 is 89.5 Å². The molecule has 0 amide bonds. The van der Waals surface area contributed by atoms with E-state index in [1.165, 1.54) is 106 Å². The molecule has 0 spiro atoms. The summed E-state index contributed by atoms with van der Waals surface area (Å²) in [5, 5.41) is 4.60. The fourth-order valence-electron chi connectivity index (χ4n) is 12.3. The molecule has 0 fully saturated rings. The van der Waals surface area contributed by atoms with Gasteiger partial charge in [0.25, 0.3) is 0 Å². The first-order valence-corrected chi connectivity index (χ1v) is 39.8. The number of hydrogen-bond acceptors (Lipinski definition) is 0. The predicted octanol–water partition coefficient (Wildman–Crippen LogP) is 18.6. The normalized spacial score (nSPS) is 11.3. The summed E-state index contributed by atoms with van der Waals surface area (Å²) in [6, 6.07) is 91.5. The summed E-state index contributed by atoms with van der Waals surface area (Å²) in [5.41, 5.74) is 24.7. The molecule has 0 heterocycles. The van der Waals surface area contributed by atoms with Gasteiger partial charge in [-0.05, 0) is 146 Å². The van der Waals surface area contributed by atoms with E-state index >= 15 is 0 Å². The van der Waals surface area contributed by atoms with Gasteiger partial charge in [-0.15, -0.1) is 70.8 Å². The van der Waals surface area contributed by atoms with Crippen molar-refractivity contribution >= 4 is 47.6 Å². The van der Waals surface area contributed by atoms with Crippen LogP contribution in [0.4, 0.5) is 0 Å². The third-order valence-corrected chi connectivity index (χ3v) is 29.0. The fourth-order valence-corrected chi connectivity index (χ4v) is 24.8. The molecular weight excluding hydrogens is 1930 g/mol. The van der Waals surface area contributed by atoms with Gasteiger partial charge in [-0.1, -0.05) is 181 Å². The van der Waals surface area contributed by atoms with Crippen LogP contribution >= 0.6 is 31.7 Å². The molecule has 0 aliphatic heterocycles. The maximum atomic E-state index is 7.14. The van der Waals surface area contributed by atoms with E-state index < -0.39 is 15.8 Å². The zero-order valence-electron chi connectivity index (χ0n) is 52.8. The van der Waals surface area contributed by atoms with E-state index in [1.54, 1.807) is 11.2 Å². The van der Waals surface area contributed by atoms with Crippen molar-refractivity contribution < 1.29 is 89.5 Å². The van der Waals surface area contributed by atoms with Crippen LogP contribution in [0.5, 0.6) is 0 Å². The molecule has 93 heavy (non-hydrogen) atoms. The molecule has 0 aromatic heterocycles. The average Bonchev–Trinajstić information content (AvgIpc) is 1.76. The molecule has 11 aromatic carbocycles.